The van der Waals surface area contributed by atoms with Gasteiger partial charge in [-0.25, -0.2) is 4.98 Å². The first-order chi connectivity index (χ1) is 9.70. The molecular formula is C15H12BrN3O. The molecule has 4 nitrogen and oxygen atoms in total. The van der Waals surface area contributed by atoms with Crippen LogP contribution in [0.15, 0.2) is 53.7 Å². The molecule has 5 heteroatoms. The Morgan fingerprint density at radius 2 is 2.15 bits per heavy atom. The summed E-state index contributed by atoms with van der Waals surface area (Å²) in [5.74, 6) is 0.116. The third kappa shape index (κ3) is 2.93. The Hall–Kier alpha value is -2.01. The highest BCUT2D eigenvalue weighted by Gasteiger charge is 2.07. The Morgan fingerprint density at radius 1 is 1.25 bits per heavy atom. The van der Waals surface area contributed by atoms with Gasteiger partial charge in [0.05, 0.1) is 19.3 Å². The van der Waals surface area contributed by atoms with E-state index in [1.165, 1.54) is 0 Å². The van der Waals surface area contributed by atoms with E-state index in [2.05, 4.69) is 25.9 Å². The average molecular weight is 330 g/mol. The molecule has 0 aliphatic carbocycles. The molecule has 100 valence electrons. The van der Waals surface area contributed by atoms with Gasteiger partial charge in [-0.15, -0.1) is 0 Å². The second-order valence-electron chi connectivity index (χ2n) is 4.62. The monoisotopic (exact) mass is 329 g/mol. The topological polar surface area (TPSA) is 47.8 Å². The Bertz CT molecular complexity index is 753. The molecular weight excluding hydrogens is 318 g/mol. The minimum absolute atomic E-state index is 0.116. The first kappa shape index (κ1) is 13.0. The van der Waals surface area contributed by atoms with E-state index in [0.717, 1.165) is 20.9 Å². The van der Waals surface area contributed by atoms with Gasteiger partial charge in [-0.05, 0) is 23.6 Å². The van der Waals surface area contributed by atoms with Crippen LogP contribution in [0.4, 0.5) is 0 Å². The molecule has 0 saturated carbocycles. The number of fused-ring (bicyclic) bond motifs is 1. The van der Waals surface area contributed by atoms with Crippen molar-refractivity contribution in [1.29, 1.82) is 0 Å². The van der Waals surface area contributed by atoms with Gasteiger partial charge in [0, 0.05) is 34.1 Å². The minimum atomic E-state index is 0.116. The van der Waals surface area contributed by atoms with Crippen molar-refractivity contribution >= 4 is 32.5 Å². The molecule has 0 bridgehead atoms. The highest BCUT2D eigenvalue weighted by molar-refractivity contribution is 9.10. The number of rotatable bonds is 4. The minimum Gasteiger partial charge on any atom is -0.330 e. The number of carbonyl (C=O) groups excluding carboxylic acids is 1. The lowest BCUT2D eigenvalue weighted by Crippen LogP contribution is -2.12. The molecule has 0 saturated heterocycles. The van der Waals surface area contributed by atoms with Crippen molar-refractivity contribution in [3.8, 4) is 0 Å². The number of hydrogen-bond acceptors (Lipinski definition) is 3. The molecule has 1 aromatic carbocycles. The molecule has 3 aromatic rings. The van der Waals surface area contributed by atoms with Gasteiger partial charge in [-0.2, -0.15) is 0 Å². The summed E-state index contributed by atoms with van der Waals surface area (Å²) in [6.45, 7) is 0.332. The number of benzene rings is 1. The molecule has 0 unspecified atom stereocenters. The Kier molecular flexibility index (Phi) is 3.60. The molecule has 3 rings (SSSR count). The van der Waals surface area contributed by atoms with E-state index in [9.17, 15) is 4.79 Å². The van der Waals surface area contributed by atoms with E-state index in [1.807, 2.05) is 30.5 Å². The molecule has 0 spiro atoms. The van der Waals surface area contributed by atoms with Gasteiger partial charge in [-0.1, -0.05) is 22.0 Å². The van der Waals surface area contributed by atoms with Crippen LogP contribution in [0.2, 0.25) is 0 Å². The molecule has 0 aliphatic heterocycles. The van der Waals surface area contributed by atoms with Crippen molar-refractivity contribution < 1.29 is 4.79 Å². The molecule has 2 heterocycles. The number of imidazole rings is 1. The summed E-state index contributed by atoms with van der Waals surface area (Å²) in [6, 6.07) is 7.98. The first-order valence-corrected chi connectivity index (χ1v) is 7.01. The Balaban J connectivity index is 1.78. The van der Waals surface area contributed by atoms with Crippen molar-refractivity contribution in [2.75, 3.05) is 0 Å². The lowest BCUT2D eigenvalue weighted by Gasteiger charge is -2.04. The smallest absolute Gasteiger partial charge is 0.158 e. The summed E-state index contributed by atoms with van der Waals surface area (Å²) in [5.41, 5.74) is 0.792. The van der Waals surface area contributed by atoms with Gasteiger partial charge in [0.2, 0.25) is 0 Å². The summed E-state index contributed by atoms with van der Waals surface area (Å²) in [4.78, 5) is 20.3. The van der Waals surface area contributed by atoms with Crippen molar-refractivity contribution in [2.24, 2.45) is 0 Å². The number of carbonyl (C=O) groups is 1. The van der Waals surface area contributed by atoms with E-state index < -0.39 is 0 Å². The Labute approximate surface area is 124 Å². The van der Waals surface area contributed by atoms with Crippen LogP contribution in [0.1, 0.15) is 5.69 Å². The summed E-state index contributed by atoms with van der Waals surface area (Å²) in [7, 11) is 0. The van der Waals surface area contributed by atoms with Gasteiger partial charge >= 0.3 is 0 Å². The summed E-state index contributed by atoms with van der Waals surface area (Å²) < 4.78 is 2.78. The van der Waals surface area contributed by atoms with Gasteiger partial charge in [0.25, 0.3) is 0 Å². The standard InChI is InChI=1S/C15H12BrN3O/c16-13-2-1-11-8-18-14(6-12(11)5-13)7-15(20)9-19-4-3-17-10-19/h1-6,8,10H,7,9H2. The third-order valence-corrected chi connectivity index (χ3v) is 3.53. The highest BCUT2D eigenvalue weighted by atomic mass is 79.9. The van der Waals surface area contributed by atoms with Crippen molar-refractivity contribution in [3.05, 3.63) is 59.3 Å². The molecule has 0 fully saturated rings. The van der Waals surface area contributed by atoms with Crippen LogP contribution in [-0.2, 0) is 17.8 Å². The average Bonchev–Trinajstić information content (AvgIpc) is 2.91. The maximum Gasteiger partial charge on any atom is 0.158 e. The summed E-state index contributed by atoms with van der Waals surface area (Å²) in [5, 5.41) is 2.15. The maximum atomic E-state index is 12.0. The van der Waals surface area contributed by atoms with Crippen LogP contribution >= 0.6 is 15.9 Å². The SMILES string of the molecule is O=C(Cc1cc2cc(Br)ccc2cn1)Cn1ccnc1. The van der Waals surface area contributed by atoms with E-state index in [0.29, 0.717) is 13.0 Å². The van der Waals surface area contributed by atoms with Crippen LogP contribution < -0.4 is 0 Å². The number of pyridine rings is 1. The van der Waals surface area contributed by atoms with Gasteiger partial charge in [0.1, 0.15) is 0 Å². The van der Waals surface area contributed by atoms with Crippen LogP contribution in [0.5, 0.6) is 0 Å². The predicted octanol–water partition coefficient (Wildman–Crippen LogP) is 3.01. The fourth-order valence-electron chi connectivity index (χ4n) is 2.10. The van der Waals surface area contributed by atoms with Crippen molar-refractivity contribution in [1.82, 2.24) is 14.5 Å². The predicted molar refractivity (Wildman–Crippen MR) is 80.4 cm³/mol. The highest BCUT2D eigenvalue weighted by Crippen LogP contribution is 2.19. The first-order valence-electron chi connectivity index (χ1n) is 6.22. The third-order valence-electron chi connectivity index (χ3n) is 3.04. The van der Waals surface area contributed by atoms with E-state index in [1.54, 1.807) is 23.3 Å². The van der Waals surface area contributed by atoms with Crippen LogP contribution in [0.3, 0.4) is 0 Å². The van der Waals surface area contributed by atoms with E-state index >= 15 is 0 Å². The zero-order valence-corrected chi connectivity index (χ0v) is 12.2. The van der Waals surface area contributed by atoms with Crippen molar-refractivity contribution in [2.45, 2.75) is 13.0 Å². The number of aromatic nitrogens is 3. The quantitative estimate of drug-likeness (QED) is 0.739. The molecule has 20 heavy (non-hydrogen) atoms. The van der Waals surface area contributed by atoms with Crippen LogP contribution in [0, 0.1) is 0 Å². The number of nitrogens with zero attached hydrogens (tertiary/aromatic N) is 3. The molecule has 0 aliphatic rings. The second-order valence-corrected chi connectivity index (χ2v) is 5.53. The Morgan fingerprint density at radius 3 is 2.95 bits per heavy atom. The van der Waals surface area contributed by atoms with E-state index in [-0.39, 0.29) is 5.78 Å². The summed E-state index contributed by atoms with van der Waals surface area (Å²) in [6.07, 6.45) is 7.23. The zero-order chi connectivity index (χ0) is 13.9. The molecule has 0 N–H and O–H groups in total. The normalized spacial score (nSPS) is 10.8. The second kappa shape index (κ2) is 5.54. The zero-order valence-electron chi connectivity index (χ0n) is 10.7. The lowest BCUT2D eigenvalue weighted by atomic mass is 10.1. The molecule has 0 atom stereocenters. The van der Waals surface area contributed by atoms with Crippen LogP contribution in [0.25, 0.3) is 10.8 Å². The fourth-order valence-corrected chi connectivity index (χ4v) is 2.47. The van der Waals surface area contributed by atoms with Gasteiger partial charge in [0.15, 0.2) is 5.78 Å². The molecule has 2 aromatic heterocycles. The molecule has 0 radical (unpaired) electrons. The lowest BCUT2D eigenvalue weighted by molar-refractivity contribution is -0.119. The van der Waals surface area contributed by atoms with Crippen molar-refractivity contribution in [3.63, 3.8) is 0 Å². The summed E-state index contributed by atoms with van der Waals surface area (Å²) >= 11 is 3.45. The molecule has 0 amide bonds. The number of halogens is 1. The largest absolute Gasteiger partial charge is 0.330 e. The maximum absolute atomic E-state index is 12.0. The van der Waals surface area contributed by atoms with Gasteiger partial charge < -0.3 is 4.57 Å². The van der Waals surface area contributed by atoms with Crippen LogP contribution in [-0.4, -0.2) is 20.3 Å². The number of ketones is 1. The van der Waals surface area contributed by atoms with E-state index in [4.69, 9.17) is 0 Å². The van der Waals surface area contributed by atoms with Gasteiger partial charge in [-0.3, -0.25) is 9.78 Å². The number of hydrogen-bond donors (Lipinski definition) is 0. The number of Topliss-reactive ketones (excluding diaryl/α,β-unsaturated/α-hetero) is 1. The fraction of sp³-hybridized carbons (Fsp3) is 0.133.